The topological polar surface area (TPSA) is 90.7 Å². The summed E-state index contributed by atoms with van der Waals surface area (Å²) in [5.74, 6) is 5.20. The molecule has 1 rings (SSSR count). The summed E-state index contributed by atoms with van der Waals surface area (Å²) in [6, 6.07) is -0.500. The molecule has 1 aliphatic heterocycles. The fraction of sp³-hybridized carbons (Fsp3) is 0.714. The minimum absolute atomic E-state index is 0.406. The molecular weight excluding hydrogens is 186 g/mol. The van der Waals surface area contributed by atoms with Crippen LogP contribution in [0.2, 0.25) is 0 Å². The van der Waals surface area contributed by atoms with Gasteiger partial charge in [-0.2, -0.15) is 0 Å². The molecule has 0 aliphatic carbocycles. The smallest absolute Gasteiger partial charge is 0.313 e. The summed E-state index contributed by atoms with van der Waals surface area (Å²) in [6.45, 7) is 1.22. The number of hydrogen-bond acceptors (Lipinski definition) is 5. The molecule has 4 N–H and O–H groups in total. The van der Waals surface area contributed by atoms with E-state index in [2.05, 4.69) is 10.6 Å². The van der Waals surface area contributed by atoms with Gasteiger partial charge in [0.1, 0.15) is 0 Å². The van der Waals surface area contributed by atoms with E-state index in [1.54, 1.807) is 0 Å². The fourth-order valence-electron chi connectivity index (χ4n) is 1.08. The van der Waals surface area contributed by atoms with Crippen molar-refractivity contribution in [1.29, 1.82) is 0 Å². The highest BCUT2D eigenvalue weighted by molar-refractivity contribution is 6.03. The zero-order valence-corrected chi connectivity index (χ0v) is 8.28. The molecule has 1 fully saturated rings. The second-order valence-corrected chi connectivity index (χ2v) is 3.41. The van der Waals surface area contributed by atoms with E-state index >= 15 is 0 Å². The first-order valence-corrected chi connectivity index (χ1v) is 4.28. The second kappa shape index (κ2) is 4.36. The lowest BCUT2D eigenvalue weighted by molar-refractivity contribution is -0.124. The van der Waals surface area contributed by atoms with E-state index in [0.717, 1.165) is 6.54 Å². The number of nitrogens with one attached hydrogen (secondary N) is 2. The zero-order valence-electron chi connectivity index (χ0n) is 8.28. The summed E-state index contributed by atoms with van der Waals surface area (Å²) in [5, 5.41) is 5.83. The number of hydrazine groups is 1. The van der Waals surface area contributed by atoms with Gasteiger partial charge in [-0.25, -0.2) is 9.80 Å². The number of carbonyl (C=O) groups is 2. The van der Waals surface area contributed by atoms with Crippen molar-refractivity contribution in [2.24, 2.45) is 5.84 Å². The van der Waals surface area contributed by atoms with Gasteiger partial charge in [0.15, 0.2) is 6.17 Å². The van der Waals surface area contributed by atoms with Crippen molar-refractivity contribution in [1.82, 2.24) is 20.5 Å². The molecule has 0 saturated carbocycles. The maximum Gasteiger partial charge on any atom is 0.323 e. The van der Waals surface area contributed by atoms with Crippen LogP contribution in [0.15, 0.2) is 0 Å². The molecule has 1 atom stereocenters. The van der Waals surface area contributed by atoms with Crippen molar-refractivity contribution in [3.63, 3.8) is 0 Å². The summed E-state index contributed by atoms with van der Waals surface area (Å²) >= 11 is 0. The molecule has 80 valence electrons. The van der Waals surface area contributed by atoms with Crippen LogP contribution in [0.5, 0.6) is 0 Å². The van der Waals surface area contributed by atoms with E-state index in [1.807, 2.05) is 19.0 Å². The lowest BCUT2D eigenvalue weighted by atomic mass is 10.4. The maximum absolute atomic E-state index is 11.1. The Morgan fingerprint density at radius 2 is 2.00 bits per heavy atom. The quantitative estimate of drug-likeness (QED) is 0.275. The Hall–Kier alpha value is -1.18. The van der Waals surface area contributed by atoms with Crippen LogP contribution in [-0.2, 0) is 4.79 Å². The van der Waals surface area contributed by atoms with Gasteiger partial charge in [-0.1, -0.05) is 0 Å². The molecule has 0 aromatic rings. The monoisotopic (exact) mass is 201 g/mol. The average molecular weight is 201 g/mol. The molecule has 1 aliphatic rings. The second-order valence-electron chi connectivity index (χ2n) is 3.41. The number of urea groups is 1. The highest BCUT2D eigenvalue weighted by atomic mass is 16.2. The summed E-state index contributed by atoms with van der Waals surface area (Å²) in [5.41, 5.74) is 0. The third kappa shape index (κ3) is 2.66. The number of hydrogen-bond donors (Lipinski definition) is 3. The van der Waals surface area contributed by atoms with E-state index in [-0.39, 0.29) is 0 Å². The van der Waals surface area contributed by atoms with Crippen LogP contribution in [0.1, 0.15) is 0 Å². The van der Waals surface area contributed by atoms with E-state index < -0.39 is 18.1 Å². The molecular formula is C7H15N5O2. The summed E-state index contributed by atoms with van der Waals surface area (Å²) < 4.78 is 0. The molecule has 1 unspecified atom stereocenters. The minimum Gasteiger partial charge on any atom is -0.313 e. The first-order valence-electron chi connectivity index (χ1n) is 4.28. The number of carbonyl (C=O) groups excluding carboxylic acids is 2. The van der Waals surface area contributed by atoms with Crippen LogP contribution in [0.3, 0.4) is 0 Å². The molecule has 14 heavy (non-hydrogen) atoms. The lowest BCUT2D eigenvalue weighted by Crippen LogP contribution is -2.52. The van der Waals surface area contributed by atoms with Crippen LogP contribution in [0.25, 0.3) is 0 Å². The van der Waals surface area contributed by atoms with Crippen molar-refractivity contribution in [2.75, 3.05) is 27.2 Å². The number of rotatable bonds is 4. The molecule has 7 nitrogen and oxygen atoms in total. The van der Waals surface area contributed by atoms with E-state index in [9.17, 15) is 9.59 Å². The first kappa shape index (κ1) is 10.9. The maximum atomic E-state index is 11.1. The van der Waals surface area contributed by atoms with Crippen molar-refractivity contribution in [3.05, 3.63) is 0 Å². The number of likely N-dealkylation sites (N-methyl/N-ethyl adjacent to an activating group) is 1. The van der Waals surface area contributed by atoms with E-state index in [1.165, 1.54) is 5.01 Å². The number of nitrogens with zero attached hydrogens (tertiary/aromatic N) is 2. The van der Waals surface area contributed by atoms with Gasteiger partial charge in [-0.3, -0.25) is 16.0 Å². The van der Waals surface area contributed by atoms with Gasteiger partial charge < -0.3 is 10.2 Å². The molecule has 0 radical (unpaired) electrons. The Bertz CT molecular complexity index is 242. The van der Waals surface area contributed by atoms with Crippen molar-refractivity contribution in [3.8, 4) is 0 Å². The predicted molar refractivity (Wildman–Crippen MR) is 49.9 cm³/mol. The molecule has 3 amide bonds. The van der Waals surface area contributed by atoms with Crippen molar-refractivity contribution >= 4 is 11.9 Å². The van der Waals surface area contributed by atoms with Crippen LogP contribution >= 0.6 is 0 Å². The summed E-state index contributed by atoms with van der Waals surface area (Å²) in [6.07, 6.45) is -0.748. The highest BCUT2D eigenvalue weighted by Crippen LogP contribution is 1.96. The minimum atomic E-state index is -0.748. The van der Waals surface area contributed by atoms with Gasteiger partial charge in [0.2, 0.25) is 0 Å². The number of nitrogens with two attached hydrogens (primary N) is 1. The SMILES string of the molecule is CN(C)CCN(N)C1NC(=O)NC1=O. The largest absolute Gasteiger partial charge is 0.323 e. The molecule has 0 spiro atoms. The summed E-state index contributed by atoms with van der Waals surface area (Å²) in [4.78, 5) is 23.9. The van der Waals surface area contributed by atoms with Gasteiger partial charge in [0.05, 0.1) is 0 Å². The Labute approximate surface area is 82.2 Å². The van der Waals surface area contributed by atoms with Gasteiger partial charge in [0.25, 0.3) is 5.91 Å². The molecule has 0 aromatic carbocycles. The average Bonchev–Trinajstić information content (AvgIpc) is 2.41. The van der Waals surface area contributed by atoms with Crippen LogP contribution in [0, 0.1) is 0 Å². The Morgan fingerprint density at radius 3 is 2.43 bits per heavy atom. The normalized spacial score (nSPS) is 21.6. The summed E-state index contributed by atoms with van der Waals surface area (Å²) in [7, 11) is 3.81. The van der Waals surface area contributed by atoms with Gasteiger partial charge >= 0.3 is 6.03 Å². The molecule has 7 heteroatoms. The van der Waals surface area contributed by atoms with Crippen LogP contribution in [-0.4, -0.2) is 55.2 Å². The Morgan fingerprint density at radius 1 is 1.36 bits per heavy atom. The van der Waals surface area contributed by atoms with Crippen molar-refractivity contribution in [2.45, 2.75) is 6.17 Å². The lowest BCUT2D eigenvalue weighted by Gasteiger charge is -2.22. The zero-order chi connectivity index (χ0) is 10.7. The van der Waals surface area contributed by atoms with Crippen LogP contribution in [0.4, 0.5) is 4.79 Å². The molecule has 1 heterocycles. The third-order valence-electron chi connectivity index (χ3n) is 1.89. The Balaban J connectivity index is 2.40. The predicted octanol–water partition coefficient (Wildman–Crippen LogP) is -2.11. The molecule has 1 saturated heterocycles. The molecule has 0 bridgehead atoms. The van der Waals surface area contributed by atoms with E-state index in [0.29, 0.717) is 6.54 Å². The van der Waals surface area contributed by atoms with Gasteiger partial charge in [0, 0.05) is 13.1 Å². The van der Waals surface area contributed by atoms with Crippen LogP contribution < -0.4 is 16.5 Å². The van der Waals surface area contributed by atoms with Gasteiger partial charge in [-0.15, -0.1) is 0 Å². The Kier molecular flexibility index (Phi) is 3.39. The standard InChI is InChI=1S/C7H15N5O2/c1-11(2)3-4-12(8)5-6(13)10-7(14)9-5/h5H,3-4,8H2,1-2H3,(H2,9,10,13,14). The van der Waals surface area contributed by atoms with Crippen molar-refractivity contribution < 1.29 is 9.59 Å². The third-order valence-corrected chi connectivity index (χ3v) is 1.89. The number of amides is 3. The highest BCUT2D eigenvalue weighted by Gasteiger charge is 2.32. The fourth-order valence-corrected chi connectivity index (χ4v) is 1.08. The first-order chi connectivity index (χ1) is 6.50. The number of imide groups is 1. The van der Waals surface area contributed by atoms with Gasteiger partial charge in [-0.05, 0) is 14.1 Å². The van der Waals surface area contributed by atoms with E-state index in [4.69, 9.17) is 5.84 Å². The molecule has 0 aromatic heterocycles.